The van der Waals surface area contributed by atoms with E-state index in [4.69, 9.17) is 1.41 Å². The average Bonchev–Trinajstić information content (AvgIpc) is 1.64. The first kappa shape index (κ1) is 8.98. The van der Waals surface area contributed by atoms with Gasteiger partial charge in [-0.3, -0.25) is 4.79 Å². The second kappa shape index (κ2) is 6.10. The molecule has 0 saturated heterocycles. The van der Waals surface area contributed by atoms with Gasteiger partial charge in [0.2, 0.25) is 0 Å². The Hall–Kier alpha value is 0.977. The van der Waals surface area contributed by atoms with E-state index in [-0.39, 0.29) is 36.1 Å². The minimum absolute atomic E-state index is 0. The molecule has 1 N–H and O–H groups in total. The Morgan fingerprint density at radius 3 is 2.38 bits per heavy atom. The maximum absolute atomic E-state index is 10.3. The van der Waals surface area contributed by atoms with Crippen molar-refractivity contribution in [2.24, 2.45) is 0 Å². The summed E-state index contributed by atoms with van der Waals surface area (Å²) in [6, 6.07) is 0. The Kier molecular flexibility index (Phi) is 6.85. The molecule has 0 aliphatic carbocycles. The summed E-state index contributed by atoms with van der Waals surface area (Å²) >= 11 is 0. The second-order valence-electron chi connectivity index (χ2n) is 0.990. The van der Waals surface area contributed by atoms with Gasteiger partial charge in [0.15, 0.2) is 21.5 Å². The Morgan fingerprint density at radius 1 is 2.00 bits per heavy atom. The zero-order valence-corrected chi connectivity index (χ0v) is 9.50. The van der Waals surface area contributed by atoms with Crippen molar-refractivity contribution >= 4 is 21.5 Å². The molecule has 0 fully saturated rings. The fourth-order valence-corrected chi connectivity index (χ4v) is 0.273. The van der Waals surface area contributed by atoms with E-state index in [2.05, 4.69) is 7.98 Å². The van der Waals surface area contributed by atoms with Crippen LogP contribution in [0, 0.1) is 31.1 Å². The van der Waals surface area contributed by atoms with Crippen LogP contribution in [0.2, 0.25) is 1.41 Å². The molecule has 0 aromatic carbocycles. The molecule has 0 rings (SSSR count). The molecule has 0 aromatic heterocycles. The Bertz CT molecular complexity index is 132. The zero-order valence-electron chi connectivity index (χ0n) is 5.34. The van der Waals surface area contributed by atoms with Crippen molar-refractivity contribution in [2.45, 2.75) is 6.92 Å². The predicted octanol–water partition coefficient (Wildman–Crippen LogP) is -0.319. The molecular formula is C2H5BNO2PU. The normalized spacial score (nSPS) is 14.0. The minimum Gasteiger partial charge on any atom is -0.315 e. The fourth-order valence-electron chi connectivity index (χ4n) is 0.0909. The molecule has 0 aliphatic rings. The predicted molar refractivity (Wildman–Crippen MR) is 28.6 cm³/mol. The van der Waals surface area contributed by atoms with Crippen molar-refractivity contribution in [3.05, 3.63) is 0 Å². The summed E-state index contributed by atoms with van der Waals surface area (Å²) in [7, 11) is 2.01. The summed E-state index contributed by atoms with van der Waals surface area (Å²) in [6.07, 6.45) is 0. The largest absolute Gasteiger partial charge is 0.315 e. The standard InChI is InChI=1S/C2H5BNO2P.U/c1-2(5)7(6)4-3;/h7H,1H3,(H,4,6);/i/hD. The molecule has 2 radical (unpaired) electrons. The van der Waals surface area contributed by atoms with Gasteiger partial charge in [0.1, 0.15) is 1.41 Å². The molecule has 6 heteroatoms. The first-order valence-corrected chi connectivity index (χ1v) is 3.00. The van der Waals surface area contributed by atoms with Gasteiger partial charge in [-0.2, -0.15) is 0 Å². The molecule has 0 bridgehead atoms. The Labute approximate surface area is 75.1 Å². The molecule has 3 nitrogen and oxygen atoms in total. The van der Waals surface area contributed by atoms with E-state index in [9.17, 15) is 9.36 Å². The molecule has 0 amide bonds. The van der Waals surface area contributed by atoms with Gasteiger partial charge in [-0.05, 0) is 0 Å². The van der Waals surface area contributed by atoms with Crippen LogP contribution in [0.25, 0.3) is 0 Å². The van der Waals surface area contributed by atoms with Crippen molar-refractivity contribution in [3.8, 4) is 0 Å². The summed E-state index contributed by atoms with van der Waals surface area (Å²) in [5.41, 5.74) is -0.549. The fraction of sp³-hybridized carbons (Fsp3) is 0.500. The molecular weight excluding hydrogens is 350 g/mol. The van der Waals surface area contributed by atoms with E-state index < -0.39 is 13.5 Å². The van der Waals surface area contributed by atoms with Gasteiger partial charge >= 0.3 is 0 Å². The summed E-state index contributed by atoms with van der Waals surface area (Å²) < 4.78 is 16.7. The van der Waals surface area contributed by atoms with Crippen LogP contribution >= 0.6 is 7.95 Å². The van der Waals surface area contributed by atoms with Gasteiger partial charge in [-0.25, -0.2) is 0 Å². The van der Waals surface area contributed by atoms with Crippen LogP contribution < -0.4 is 4.99 Å². The van der Waals surface area contributed by atoms with E-state index in [1.165, 1.54) is 0 Å². The number of rotatable bonds is 2. The van der Waals surface area contributed by atoms with Crippen LogP contribution in [0.15, 0.2) is 0 Å². The van der Waals surface area contributed by atoms with Crippen LogP contribution in [0.3, 0.4) is 0 Å². The maximum Gasteiger partial charge on any atom is 0.198 e. The third-order valence-electron chi connectivity index (χ3n) is 0.418. The molecule has 0 aliphatic heterocycles. The molecule has 42 valence electrons. The molecule has 1 unspecified atom stereocenters. The number of carbonyl (C=O) groups excluding carboxylic acids is 1. The Balaban J connectivity index is 0. The van der Waals surface area contributed by atoms with Crippen molar-refractivity contribution in [2.75, 3.05) is 0 Å². The van der Waals surface area contributed by atoms with E-state index in [0.29, 0.717) is 0 Å². The third kappa shape index (κ3) is 5.12. The molecule has 0 aromatic rings. The van der Waals surface area contributed by atoms with Crippen LogP contribution in [0.1, 0.15) is 6.92 Å². The monoisotopic (exact) mass is 356 g/mol. The van der Waals surface area contributed by atoms with Crippen molar-refractivity contribution in [1.29, 1.82) is 0 Å². The van der Waals surface area contributed by atoms with Crippen LogP contribution in [0.4, 0.5) is 0 Å². The van der Waals surface area contributed by atoms with Gasteiger partial charge in [0, 0.05) is 38.0 Å². The van der Waals surface area contributed by atoms with E-state index >= 15 is 0 Å². The molecule has 1 atom stereocenters. The number of hydrogen-bond acceptors (Lipinski definition) is 2. The van der Waals surface area contributed by atoms with Crippen LogP contribution in [-0.4, -0.2) is 13.5 Å². The topological polar surface area (TPSA) is 46.2 Å². The smallest absolute Gasteiger partial charge is 0.198 e. The van der Waals surface area contributed by atoms with Crippen molar-refractivity contribution < 1.29 is 41.9 Å². The Morgan fingerprint density at radius 2 is 2.38 bits per heavy atom. The summed E-state index contributed by atoms with van der Waals surface area (Å²) in [4.78, 5) is 10.3. The van der Waals surface area contributed by atoms with Crippen LogP contribution in [-0.2, 0) is 9.36 Å². The first-order chi connectivity index (χ1) is 3.55. The molecule has 0 heterocycles. The summed E-state index contributed by atoms with van der Waals surface area (Å²) in [5.74, 6) is 0. The van der Waals surface area contributed by atoms with Gasteiger partial charge in [-0.15, -0.1) is 0 Å². The second-order valence-corrected chi connectivity index (χ2v) is 2.56. The SMILES string of the molecule is [2H]N([B])[PH](=O)C(C)=O.[U]. The summed E-state index contributed by atoms with van der Waals surface area (Å²) in [6.45, 7) is 1.13. The quantitative estimate of drug-likeness (QED) is 0.545. The van der Waals surface area contributed by atoms with Crippen LogP contribution in [0.5, 0.6) is 0 Å². The van der Waals surface area contributed by atoms with Gasteiger partial charge in [0.25, 0.3) is 0 Å². The third-order valence-corrected chi connectivity index (χ3v) is 1.26. The van der Waals surface area contributed by atoms with E-state index in [1.54, 1.807) is 0 Å². The van der Waals surface area contributed by atoms with E-state index in [1.807, 2.05) is 0 Å². The van der Waals surface area contributed by atoms with E-state index in [0.717, 1.165) is 6.92 Å². The number of hydrogen-bond donors (Lipinski definition) is 1. The number of nitrogens with one attached hydrogen (secondary N) is 1. The first-order valence-electron chi connectivity index (χ1n) is 2.09. The summed E-state index contributed by atoms with van der Waals surface area (Å²) in [5, 5.41) is 0. The van der Waals surface area contributed by atoms with Crippen molar-refractivity contribution in [1.82, 2.24) is 4.99 Å². The van der Waals surface area contributed by atoms with Gasteiger partial charge in [0.05, 0.1) is 0 Å². The minimum atomic E-state index is -2.63. The van der Waals surface area contributed by atoms with Gasteiger partial charge in [-0.1, -0.05) is 0 Å². The average molecular weight is 356 g/mol. The van der Waals surface area contributed by atoms with Gasteiger partial charge < -0.3 is 9.56 Å². The molecule has 0 spiro atoms. The molecule has 0 saturated carbocycles. The maximum atomic E-state index is 10.3. The number of carbonyl (C=O) groups is 1. The van der Waals surface area contributed by atoms with Crippen molar-refractivity contribution in [3.63, 3.8) is 0 Å². The zero-order chi connectivity index (χ0) is 6.73. The molecule has 8 heavy (non-hydrogen) atoms.